The van der Waals surface area contributed by atoms with Crippen LogP contribution in [0.3, 0.4) is 0 Å². The highest BCUT2D eigenvalue weighted by atomic mass is 127. The molecule has 1 N–H and O–H groups in total. The second-order valence-corrected chi connectivity index (χ2v) is 6.09. The smallest absolute Gasteiger partial charge is 0.268 e. The van der Waals surface area contributed by atoms with Crippen LogP contribution >= 0.6 is 22.6 Å². The first-order valence-electron chi connectivity index (χ1n) is 6.67. The van der Waals surface area contributed by atoms with Gasteiger partial charge in [0.1, 0.15) is 5.82 Å². The van der Waals surface area contributed by atoms with Crippen LogP contribution in [0.2, 0.25) is 0 Å². The van der Waals surface area contributed by atoms with Crippen molar-refractivity contribution in [2.24, 2.45) is 5.16 Å². The number of halogens is 2. The molecule has 2 aromatic carbocycles. The lowest BCUT2D eigenvalue weighted by atomic mass is 10.0. The van der Waals surface area contributed by atoms with Gasteiger partial charge < -0.3 is 10.2 Å². The molecule has 0 spiro atoms. The number of amides is 1. The number of carbonyl (C=O) groups is 1. The molecule has 1 amide bonds. The normalized spacial score (nSPS) is 16.8. The Hall–Kier alpha value is -1.96. The molecule has 0 aliphatic carbocycles. The fourth-order valence-corrected chi connectivity index (χ4v) is 2.69. The molecule has 1 atom stereocenters. The Morgan fingerprint density at radius 1 is 1.27 bits per heavy atom. The topological polar surface area (TPSA) is 50.7 Å². The SMILES string of the molecule is O=C(Nc1cccc(I)c1)C1CC(c2cccc(F)c2)=NO1. The first kappa shape index (κ1) is 15.0. The number of nitrogens with one attached hydrogen (secondary N) is 1. The molecule has 1 unspecified atom stereocenters. The van der Waals surface area contributed by atoms with E-state index in [0.717, 1.165) is 3.57 Å². The molecule has 2 aromatic rings. The van der Waals surface area contributed by atoms with Crippen molar-refractivity contribution >= 4 is 39.9 Å². The summed E-state index contributed by atoms with van der Waals surface area (Å²) >= 11 is 2.17. The number of hydrogen-bond acceptors (Lipinski definition) is 3. The van der Waals surface area contributed by atoms with Gasteiger partial charge in [-0.15, -0.1) is 0 Å². The molecule has 1 aliphatic rings. The first-order valence-corrected chi connectivity index (χ1v) is 7.75. The van der Waals surface area contributed by atoms with Crippen molar-refractivity contribution in [2.45, 2.75) is 12.5 Å². The van der Waals surface area contributed by atoms with E-state index in [-0.39, 0.29) is 11.7 Å². The third kappa shape index (κ3) is 3.44. The van der Waals surface area contributed by atoms with Gasteiger partial charge in [0.15, 0.2) is 0 Å². The van der Waals surface area contributed by atoms with Gasteiger partial charge in [0.2, 0.25) is 6.10 Å². The Balaban J connectivity index is 1.65. The highest BCUT2D eigenvalue weighted by Gasteiger charge is 2.29. The number of oxime groups is 1. The molecule has 0 radical (unpaired) electrons. The molecule has 0 aromatic heterocycles. The van der Waals surface area contributed by atoms with Crippen molar-refractivity contribution in [1.29, 1.82) is 0 Å². The van der Waals surface area contributed by atoms with Gasteiger partial charge in [-0.05, 0) is 52.9 Å². The highest BCUT2D eigenvalue weighted by molar-refractivity contribution is 14.1. The minimum atomic E-state index is -0.698. The summed E-state index contributed by atoms with van der Waals surface area (Å²) in [5.41, 5.74) is 1.91. The van der Waals surface area contributed by atoms with Gasteiger partial charge in [-0.25, -0.2) is 4.39 Å². The molecule has 1 aliphatic heterocycles. The number of anilines is 1. The molecule has 0 bridgehead atoms. The summed E-state index contributed by atoms with van der Waals surface area (Å²) in [6.45, 7) is 0. The van der Waals surface area contributed by atoms with Gasteiger partial charge >= 0.3 is 0 Å². The van der Waals surface area contributed by atoms with Crippen LogP contribution in [0.5, 0.6) is 0 Å². The summed E-state index contributed by atoms with van der Waals surface area (Å²) in [5.74, 6) is -0.607. The Labute approximate surface area is 140 Å². The zero-order chi connectivity index (χ0) is 15.5. The van der Waals surface area contributed by atoms with E-state index in [1.54, 1.807) is 12.1 Å². The van der Waals surface area contributed by atoms with E-state index in [1.165, 1.54) is 12.1 Å². The molecular weight excluding hydrogens is 398 g/mol. The second-order valence-electron chi connectivity index (χ2n) is 4.85. The van der Waals surface area contributed by atoms with Crippen molar-refractivity contribution < 1.29 is 14.0 Å². The van der Waals surface area contributed by atoms with Gasteiger partial charge in [-0.1, -0.05) is 23.4 Å². The maximum absolute atomic E-state index is 13.2. The van der Waals surface area contributed by atoms with E-state index in [2.05, 4.69) is 33.1 Å². The minimum Gasteiger partial charge on any atom is -0.382 e. The number of carbonyl (C=O) groups excluding carboxylic acids is 1. The molecule has 4 nitrogen and oxygen atoms in total. The van der Waals surface area contributed by atoms with Gasteiger partial charge in [0.25, 0.3) is 5.91 Å². The Morgan fingerprint density at radius 2 is 2.09 bits per heavy atom. The third-order valence-electron chi connectivity index (χ3n) is 3.21. The van der Waals surface area contributed by atoms with E-state index in [4.69, 9.17) is 4.84 Å². The zero-order valence-corrected chi connectivity index (χ0v) is 13.6. The molecule has 0 saturated heterocycles. The third-order valence-corrected chi connectivity index (χ3v) is 3.88. The van der Waals surface area contributed by atoms with E-state index in [0.29, 0.717) is 23.4 Å². The van der Waals surface area contributed by atoms with Crippen molar-refractivity contribution in [1.82, 2.24) is 0 Å². The van der Waals surface area contributed by atoms with Crippen LogP contribution in [-0.2, 0) is 9.63 Å². The standard InChI is InChI=1S/C16H12FIN2O2/c17-11-4-1-3-10(7-11)14-9-15(22-20-14)16(21)19-13-6-2-5-12(18)8-13/h1-8,15H,9H2,(H,19,21). The molecule has 1 heterocycles. The maximum Gasteiger partial charge on any atom is 0.268 e. The van der Waals surface area contributed by atoms with Gasteiger partial charge in [-0.3, -0.25) is 4.79 Å². The molecule has 112 valence electrons. The average molecular weight is 410 g/mol. The number of benzene rings is 2. The molecule has 0 saturated carbocycles. The zero-order valence-electron chi connectivity index (χ0n) is 11.4. The lowest BCUT2D eigenvalue weighted by Gasteiger charge is -2.09. The highest BCUT2D eigenvalue weighted by Crippen LogP contribution is 2.19. The summed E-state index contributed by atoms with van der Waals surface area (Å²) in [6.07, 6.45) is -0.379. The fraction of sp³-hybridized carbons (Fsp3) is 0.125. The Kier molecular flexibility index (Phi) is 4.37. The van der Waals surface area contributed by atoms with Crippen molar-refractivity contribution in [3.05, 3.63) is 63.5 Å². The van der Waals surface area contributed by atoms with Crippen molar-refractivity contribution in [3.63, 3.8) is 0 Å². The minimum absolute atomic E-state index is 0.267. The average Bonchev–Trinajstić information content (AvgIpc) is 2.97. The lowest BCUT2D eigenvalue weighted by molar-refractivity contribution is -0.125. The second kappa shape index (κ2) is 6.43. The van der Waals surface area contributed by atoms with Crippen LogP contribution in [0.4, 0.5) is 10.1 Å². The van der Waals surface area contributed by atoms with E-state index in [1.807, 2.05) is 24.3 Å². The largest absolute Gasteiger partial charge is 0.382 e. The van der Waals surface area contributed by atoms with Gasteiger partial charge in [0, 0.05) is 21.2 Å². The summed E-state index contributed by atoms with van der Waals surface area (Å²) in [7, 11) is 0. The molecule has 6 heteroatoms. The van der Waals surface area contributed by atoms with Crippen LogP contribution < -0.4 is 5.32 Å². The van der Waals surface area contributed by atoms with Gasteiger partial charge in [0.05, 0.1) is 5.71 Å². The van der Waals surface area contributed by atoms with E-state index in [9.17, 15) is 9.18 Å². The Bertz CT molecular complexity index is 748. The predicted molar refractivity (Wildman–Crippen MR) is 90.2 cm³/mol. The summed E-state index contributed by atoms with van der Waals surface area (Å²) in [5, 5.41) is 6.69. The first-order chi connectivity index (χ1) is 10.6. The van der Waals surface area contributed by atoms with Crippen LogP contribution in [0.25, 0.3) is 0 Å². The number of rotatable bonds is 3. The van der Waals surface area contributed by atoms with Crippen LogP contribution in [0, 0.1) is 9.39 Å². The van der Waals surface area contributed by atoms with Crippen LogP contribution in [0.1, 0.15) is 12.0 Å². The lowest BCUT2D eigenvalue weighted by Crippen LogP contribution is -2.28. The summed E-state index contributed by atoms with van der Waals surface area (Å²) in [6, 6.07) is 13.6. The monoisotopic (exact) mass is 410 g/mol. The summed E-state index contributed by atoms with van der Waals surface area (Å²) < 4.78 is 14.3. The molecule has 22 heavy (non-hydrogen) atoms. The van der Waals surface area contributed by atoms with Gasteiger partial charge in [-0.2, -0.15) is 0 Å². The molecule has 3 rings (SSSR count). The van der Waals surface area contributed by atoms with E-state index < -0.39 is 6.10 Å². The van der Waals surface area contributed by atoms with Crippen LogP contribution in [-0.4, -0.2) is 17.7 Å². The van der Waals surface area contributed by atoms with E-state index >= 15 is 0 Å². The number of nitrogens with zero attached hydrogens (tertiary/aromatic N) is 1. The molecular formula is C16H12FIN2O2. The maximum atomic E-state index is 13.2. The fourth-order valence-electron chi connectivity index (χ4n) is 2.15. The van der Waals surface area contributed by atoms with Crippen molar-refractivity contribution in [3.8, 4) is 0 Å². The molecule has 0 fully saturated rings. The Morgan fingerprint density at radius 3 is 2.86 bits per heavy atom. The summed E-state index contributed by atoms with van der Waals surface area (Å²) in [4.78, 5) is 17.4. The predicted octanol–water partition coefficient (Wildman–Crippen LogP) is 3.56. The van der Waals surface area contributed by atoms with Crippen LogP contribution in [0.15, 0.2) is 53.7 Å². The number of hydrogen-bond donors (Lipinski definition) is 1. The quantitative estimate of drug-likeness (QED) is 0.787. The van der Waals surface area contributed by atoms with Crippen molar-refractivity contribution in [2.75, 3.05) is 5.32 Å².